The van der Waals surface area contributed by atoms with Gasteiger partial charge < -0.3 is 9.94 Å². The van der Waals surface area contributed by atoms with Crippen LogP contribution in [0.2, 0.25) is 0 Å². The van der Waals surface area contributed by atoms with Gasteiger partial charge in [-0.05, 0) is 0 Å². The van der Waals surface area contributed by atoms with Crippen LogP contribution in [-0.4, -0.2) is 5.11 Å². The fourth-order valence-electron chi connectivity index (χ4n) is 0.137. The molecule has 0 aromatic heterocycles. The van der Waals surface area contributed by atoms with Crippen LogP contribution in [-0.2, 0) is 4.84 Å². The largest absolute Gasteiger partial charge is 0.479 e. The highest BCUT2D eigenvalue weighted by atomic mass is 127. The zero-order valence-electron chi connectivity index (χ0n) is 2.76. The third-order valence-corrected chi connectivity index (χ3v) is 1.55. The third-order valence-electron chi connectivity index (χ3n) is 0.310. The van der Waals surface area contributed by atoms with Gasteiger partial charge in [-0.25, -0.2) is 0 Å². The van der Waals surface area contributed by atoms with Crippen molar-refractivity contribution in [3.63, 3.8) is 0 Å². The minimum atomic E-state index is -0.307. The molecule has 1 aliphatic heterocycles. The highest BCUT2D eigenvalue weighted by Gasteiger charge is 1.93. The monoisotopic (exact) mass is 199 g/mol. The van der Waals surface area contributed by atoms with E-state index >= 15 is 0 Å². The smallest absolute Gasteiger partial charge is 0.314 e. The van der Waals surface area contributed by atoms with Crippen LogP contribution in [0.3, 0.4) is 0 Å². The highest BCUT2D eigenvalue weighted by Crippen LogP contribution is 2.15. The Bertz CT molecular complexity index is 108. The Morgan fingerprint density at radius 1 is 2.00 bits per heavy atom. The maximum Gasteiger partial charge on any atom is 0.314 e. The van der Waals surface area contributed by atoms with E-state index in [1.807, 2.05) is 0 Å². The Morgan fingerprint density at radius 2 is 2.83 bits per heavy atom. The Kier molecular flexibility index (Phi) is 1.04. The van der Waals surface area contributed by atoms with Crippen molar-refractivity contribution in [2.24, 2.45) is 3.31 Å². The number of aliphatic hydroxyl groups is 1. The molecule has 0 bridgehead atoms. The number of hydrogen-bond acceptors (Lipinski definition) is 3. The molecule has 0 spiro atoms. The van der Waals surface area contributed by atoms with E-state index in [1.165, 1.54) is 0 Å². The zero-order valence-corrected chi connectivity index (χ0v) is 4.92. The Hall–Kier alpha value is -0.130. The summed E-state index contributed by atoms with van der Waals surface area (Å²) < 4.78 is 5.03. The zero-order chi connectivity index (χ0) is 4.41. The first kappa shape index (κ1) is 4.04. The van der Waals surface area contributed by atoms with Gasteiger partial charge >= 0.3 is 5.95 Å². The fraction of sp³-hybridized carbons (Fsp3) is 0. The summed E-state index contributed by atoms with van der Waals surface area (Å²) in [5, 5.41) is 8.30. The molecule has 0 aromatic carbocycles. The minimum absolute atomic E-state index is 0.0391. The molecule has 0 atom stereocenters. The number of hydrogen-bond donors (Lipinski definition) is 1. The Morgan fingerprint density at radius 3 is 3.00 bits per heavy atom. The summed E-state index contributed by atoms with van der Waals surface area (Å²) in [6, 6.07) is 0. The maximum atomic E-state index is 8.30. The van der Waals surface area contributed by atoms with Crippen molar-refractivity contribution in [1.82, 2.24) is 0 Å². The lowest BCUT2D eigenvalue weighted by atomic mass is 11.1. The lowest BCUT2D eigenvalue weighted by molar-refractivity contribution is 0.112. The first-order valence-corrected chi connectivity index (χ1v) is 3.50. The quantitative estimate of drug-likeness (QED) is 0.599. The second-order valence-corrected chi connectivity index (χ2v) is 2.28. The van der Waals surface area contributed by atoms with Crippen LogP contribution < -0.4 is 0 Å². The van der Waals surface area contributed by atoms with Gasteiger partial charge in [0.2, 0.25) is 0 Å². The van der Waals surface area contributed by atoms with Gasteiger partial charge in [-0.15, -0.1) is 0 Å². The molecule has 0 aromatic rings. The molecular weight excluding hydrogens is 197 g/mol. The Balaban J connectivity index is 2.61. The van der Waals surface area contributed by atoms with Crippen molar-refractivity contribution in [1.29, 1.82) is 0 Å². The summed E-state index contributed by atoms with van der Waals surface area (Å²) >= 11 is -0.307. The molecule has 6 heavy (non-hydrogen) atoms. The summed E-state index contributed by atoms with van der Waals surface area (Å²) in [5.74, 6) is -0.0391. The SMILES string of the molecule is OC1=CI=NO1. The maximum absolute atomic E-state index is 8.30. The van der Waals surface area contributed by atoms with Gasteiger partial charge in [-0.3, -0.25) is 0 Å². The summed E-state index contributed by atoms with van der Waals surface area (Å²) in [7, 11) is 0. The molecule has 3 nitrogen and oxygen atoms in total. The molecule has 0 amide bonds. The molecule has 0 saturated heterocycles. The molecule has 0 aliphatic carbocycles. The molecule has 0 unspecified atom stereocenters. The van der Waals surface area contributed by atoms with Crippen LogP contribution in [0.4, 0.5) is 0 Å². The van der Waals surface area contributed by atoms with E-state index in [-0.39, 0.29) is 27.0 Å². The van der Waals surface area contributed by atoms with Crippen molar-refractivity contribution in [2.75, 3.05) is 0 Å². The summed E-state index contributed by atoms with van der Waals surface area (Å²) in [5.41, 5.74) is 0. The van der Waals surface area contributed by atoms with Crippen molar-refractivity contribution in [3.8, 4) is 0 Å². The number of rotatable bonds is 0. The number of halogens is 1. The minimum Gasteiger partial charge on any atom is -0.479 e. The number of nitrogens with zero attached hydrogens (tertiary/aromatic N) is 1. The van der Waals surface area contributed by atoms with Gasteiger partial charge in [0.25, 0.3) is 0 Å². The van der Waals surface area contributed by atoms with Gasteiger partial charge in [0.05, 0.1) is 25.1 Å². The van der Waals surface area contributed by atoms with Crippen LogP contribution in [0.1, 0.15) is 0 Å². The van der Waals surface area contributed by atoms with Crippen LogP contribution >= 0.6 is 21.0 Å². The van der Waals surface area contributed by atoms with E-state index in [1.54, 1.807) is 4.08 Å². The molecule has 34 valence electrons. The standard InChI is InChI=1S/C2H2INO2/c5-2-1-3-4-6-2/h1,5H. The highest BCUT2D eigenvalue weighted by molar-refractivity contribution is 14.2. The van der Waals surface area contributed by atoms with E-state index in [4.69, 9.17) is 5.11 Å². The average molecular weight is 199 g/mol. The van der Waals surface area contributed by atoms with Gasteiger partial charge in [-0.1, -0.05) is 3.31 Å². The second kappa shape index (κ2) is 1.55. The van der Waals surface area contributed by atoms with Crippen molar-refractivity contribution >= 4 is 21.0 Å². The fourth-order valence-corrected chi connectivity index (χ4v) is 0.918. The van der Waals surface area contributed by atoms with Crippen molar-refractivity contribution in [2.45, 2.75) is 0 Å². The number of aliphatic hydroxyl groups excluding tert-OH is 1. The lowest BCUT2D eigenvalue weighted by Crippen LogP contribution is -1.71. The molecule has 1 heterocycles. The Labute approximate surface area is 44.7 Å². The van der Waals surface area contributed by atoms with Gasteiger partial charge in [0, 0.05) is 0 Å². The molecule has 1 aliphatic rings. The second-order valence-electron chi connectivity index (χ2n) is 0.705. The molecule has 0 saturated carbocycles. The molecule has 0 radical (unpaired) electrons. The molecule has 1 rings (SSSR count). The van der Waals surface area contributed by atoms with Crippen LogP contribution in [0, 0.1) is 0 Å². The topological polar surface area (TPSA) is 41.8 Å². The third kappa shape index (κ3) is 0.675. The summed E-state index contributed by atoms with van der Waals surface area (Å²) in [6.45, 7) is 0. The van der Waals surface area contributed by atoms with E-state index in [2.05, 4.69) is 8.15 Å². The van der Waals surface area contributed by atoms with Gasteiger partial charge in [-0.2, -0.15) is 0 Å². The molecule has 4 heteroatoms. The van der Waals surface area contributed by atoms with Crippen LogP contribution in [0.5, 0.6) is 0 Å². The molecule has 1 N–H and O–H groups in total. The predicted octanol–water partition coefficient (Wildman–Crippen LogP) is 1.44. The van der Waals surface area contributed by atoms with E-state index < -0.39 is 0 Å². The first-order chi connectivity index (χ1) is 2.89. The van der Waals surface area contributed by atoms with E-state index in [9.17, 15) is 0 Å². The van der Waals surface area contributed by atoms with Gasteiger partial charge in [0.1, 0.15) is 0 Å². The lowest BCUT2D eigenvalue weighted by Gasteiger charge is -1.80. The van der Waals surface area contributed by atoms with Crippen LogP contribution in [0.25, 0.3) is 0 Å². The molecule has 0 fully saturated rings. The molecular formula is C2H2INO2. The van der Waals surface area contributed by atoms with Gasteiger partial charge in [0.15, 0.2) is 0 Å². The predicted molar refractivity (Wildman–Crippen MR) is 28.2 cm³/mol. The average Bonchev–Trinajstić information content (AvgIpc) is 1.86. The van der Waals surface area contributed by atoms with Crippen LogP contribution in [0.15, 0.2) is 13.3 Å². The van der Waals surface area contributed by atoms with Crippen molar-refractivity contribution < 1.29 is 9.94 Å². The first-order valence-electron chi connectivity index (χ1n) is 1.29. The summed E-state index contributed by atoms with van der Waals surface area (Å²) in [4.78, 5) is 4.24. The normalized spacial score (nSPS) is 18.3. The van der Waals surface area contributed by atoms with E-state index in [0.717, 1.165) is 0 Å². The van der Waals surface area contributed by atoms with Crippen molar-refractivity contribution in [3.05, 3.63) is 10.0 Å². The summed E-state index contributed by atoms with van der Waals surface area (Å²) in [6.07, 6.45) is 0. The van der Waals surface area contributed by atoms with E-state index in [0.29, 0.717) is 0 Å².